The summed E-state index contributed by atoms with van der Waals surface area (Å²) in [7, 11) is 0. The quantitative estimate of drug-likeness (QED) is 0.850. The zero-order chi connectivity index (χ0) is 11.7. The summed E-state index contributed by atoms with van der Waals surface area (Å²) in [6.45, 7) is 3.05. The molecule has 2 aliphatic rings. The summed E-state index contributed by atoms with van der Waals surface area (Å²) in [5.74, 6) is 1.06. The van der Waals surface area contributed by atoms with E-state index in [-0.39, 0.29) is 5.91 Å². The Bertz CT molecular complexity index is 401. The third-order valence-corrected chi connectivity index (χ3v) is 3.60. The maximum Gasteiger partial charge on any atom is 0.237 e. The second-order valence-corrected chi connectivity index (χ2v) is 5.09. The van der Waals surface area contributed by atoms with Gasteiger partial charge in [-0.15, -0.1) is 0 Å². The monoisotopic (exact) mass is 230 g/mol. The molecule has 3 nitrogen and oxygen atoms in total. The smallest absolute Gasteiger partial charge is 0.237 e. The Hall–Kier alpha value is -1.35. The van der Waals surface area contributed by atoms with Gasteiger partial charge in [-0.3, -0.25) is 4.79 Å². The molecular formula is C14H18N2O. The van der Waals surface area contributed by atoms with Gasteiger partial charge in [0, 0.05) is 13.1 Å². The summed E-state index contributed by atoms with van der Waals surface area (Å²) in [4.78, 5) is 13.9. The van der Waals surface area contributed by atoms with Crippen LogP contribution in [-0.2, 0) is 17.9 Å². The summed E-state index contributed by atoms with van der Waals surface area (Å²) in [6, 6.07) is 8.30. The van der Waals surface area contributed by atoms with Crippen molar-refractivity contribution in [1.29, 1.82) is 0 Å². The minimum atomic E-state index is 0.224. The van der Waals surface area contributed by atoms with Gasteiger partial charge in [-0.25, -0.2) is 0 Å². The van der Waals surface area contributed by atoms with Crippen molar-refractivity contribution < 1.29 is 4.79 Å². The fourth-order valence-electron chi connectivity index (χ4n) is 2.33. The summed E-state index contributed by atoms with van der Waals surface area (Å²) >= 11 is 0. The Morgan fingerprint density at radius 1 is 1.24 bits per heavy atom. The molecule has 1 N–H and O–H groups in total. The van der Waals surface area contributed by atoms with Crippen LogP contribution in [0, 0.1) is 5.92 Å². The van der Waals surface area contributed by atoms with Gasteiger partial charge in [-0.1, -0.05) is 24.3 Å². The van der Waals surface area contributed by atoms with Crippen molar-refractivity contribution in [3.8, 4) is 0 Å². The van der Waals surface area contributed by atoms with Crippen molar-refractivity contribution in [2.45, 2.75) is 25.9 Å². The van der Waals surface area contributed by atoms with Crippen molar-refractivity contribution in [3.05, 3.63) is 35.4 Å². The third kappa shape index (κ3) is 2.50. The predicted octanol–water partition coefficient (Wildman–Crippen LogP) is 1.53. The van der Waals surface area contributed by atoms with E-state index in [2.05, 4.69) is 17.4 Å². The van der Waals surface area contributed by atoms with E-state index in [0.29, 0.717) is 6.54 Å². The highest BCUT2D eigenvalue weighted by Crippen LogP contribution is 2.27. The van der Waals surface area contributed by atoms with Gasteiger partial charge in [0.2, 0.25) is 5.91 Å². The van der Waals surface area contributed by atoms with Crippen molar-refractivity contribution in [1.82, 2.24) is 10.2 Å². The van der Waals surface area contributed by atoms with Gasteiger partial charge in [0.1, 0.15) is 0 Å². The van der Waals surface area contributed by atoms with E-state index in [1.807, 2.05) is 17.0 Å². The molecule has 0 radical (unpaired) electrons. The summed E-state index contributed by atoms with van der Waals surface area (Å²) in [5.41, 5.74) is 2.59. The molecule has 1 saturated carbocycles. The van der Waals surface area contributed by atoms with Crippen LogP contribution in [0.4, 0.5) is 0 Å². The predicted molar refractivity (Wildman–Crippen MR) is 66.3 cm³/mol. The molecule has 1 aromatic rings. The molecule has 3 rings (SSSR count). The van der Waals surface area contributed by atoms with Crippen LogP contribution in [0.2, 0.25) is 0 Å². The van der Waals surface area contributed by atoms with Gasteiger partial charge in [0.25, 0.3) is 0 Å². The van der Waals surface area contributed by atoms with Crippen LogP contribution < -0.4 is 5.32 Å². The molecule has 90 valence electrons. The molecule has 0 aromatic heterocycles. The highest BCUT2D eigenvalue weighted by Gasteiger charge is 2.24. The molecule has 0 atom stereocenters. The highest BCUT2D eigenvalue weighted by molar-refractivity contribution is 5.79. The largest absolute Gasteiger partial charge is 0.333 e. The molecule has 1 fully saturated rings. The standard InChI is InChI=1S/C14H18N2O/c17-14(8-15-7-11-5-6-11)16-9-12-3-1-2-4-13(12)10-16/h1-4,11,15H,5-10H2. The van der Waals surface area contributed by atoms with Gasteiger partial charge in [-0.05, 0) is 36.4 Å². The molecule has 1 amide bonds. The normalized spacial score (nSPS) is 18.2. The van der Waals surface area contributed by atoms with E-state index >= 15 is 0 Å². The van der Waals surface area contributed by atoms with Crippen LogP contribution in [0.25, 0.3) is 0 Å². The lowest BCUT2D eigenvalue weighted by Gasteiger charge is -2.15. The van der Waals surface area contributed by atoms with E-state index in [1.54, 1.807) is 0 Å². The average Bonchev–Trinajstić information content (AvgIpc) is 3.06. The molecule has 1 aliphatic carbocycles. The topological polar surface area (TPSA) is 32.3 Å². The molecule has 1 aliphatic heterocycles. The number of benzene rings is 1. The number of rotatable bonds is 4. The molecule has 0 spiro atoms. The molecular weight excluding hydrogens is 212 g/mol. The van der Waals surface area contributed by atoms with Crippen molar-refractivity contribution in [2.24, 2.45) is 5.92 Å². The maximum absolute atomic E-state index is 12.0. The first-order valence-electron chi connectivity index (χ1n) is 6.38. The number of amides is 1. The van der Waals surface area contributed by atoms with Gasteiger partial charge >= 0.3 is 0 Å². The molecule has 1 aromatic carbocycles. The lowest BCUT2D eigenvalue weighted by atomic mass is 10.1. The number of carbonyl (C=O) groups excluding carboxylic acids is 1. The molecule has 1 heterocycles. The molecule has 0 saturated heterocycles. The van der Waals surface area contributed by atoms with Crippen molar-refractivity contribution >= 4 is 5.91 Å². The second kappa shape index (κ2) is 4.49. The van der Waals surface area contributed by atoms with Gasteiger partial charge in [0.15, 0.2) is 0 Å². The number of hydrogen-bond donors (Lipinski definition) is 1. The lowest BCUT2D eigenvalue weighted by Crippen LogP contribution is -2.35. The summed E-state index contributed by atoms with van der Waals surface area (Å²) < 4.78 is 0. The fraction of sp³-hybridized carbons (Fsp3) is 0.500. The van der Waals surface area contributed by atoms with E-state index in [0.717, 1.165) is 25.6 Å². The van der Waals surface area contributed by atoms with Crippen LogP contribution in [0.5, 0.6) is 0 Å². The Labute approximate surface area is 102 Å². The van der Waals surface area contributed by atoms with Gasteiger partial charge in [0.05, 0.1) is 6.54 Å². The SMILES string of the molecule is O=C(CNCC1CC1)N1Cc2ccccc2C1. The Kier molecular flexibility index (Phi) is 2.85. The summed E-state index contributed by atoms with van der Waals surface area (Å²) in [5, 5.41) is 3.26. The van der Waals surface area contributed by atoms with Crippen LogP contribution in [0.15, 0.2) is 24.3 Å². The molecule has 3 heteroatoms. The summed E-state index contributed by atoms with van der Waals surface area (Å²) in [6.07, 6.45) is 2.66. The number of fused-ring (bicyclic) bond motifs is 1. The van der Waals surface area contributed by atoms with Gasteiger partial charge in [-0.2, -0.15) is 0 Å². The number of carbonyl (C=O) groups is 1. The zero-order valence-corrected chi connectivity index (χ0v) is 9.98. The van der Waals surface area contributed by atoms with Crippen molar-refractivity contribution in [3.63, 3.8) is 0 Å². The second-order valence-electron chi connectivity index (χ2n) is 5.09. The van der Waals surface area contributed by atoms with Crippen LogP contribution in [0.3, 0.4) is 0 Å². The van der Waals surface area contributed by atoms with Crippen LogP contribution >= 0.6 is 0 Å². The number of hydrogen-bond acceptors (Lipinski definition) is 2. The van der Waals surface area contributed by atoms with Crippen LogP contribution in [-0.4, -0.2) is 23.9 Å². The Balaban J connectivity index is 1.51. The zero-order valence-electron chi connectivity index (χ0n) is 9.98. The maximum atomic E-state index is 12.0. The highest BCUT2D eigenvalue weighted by atomic mass is 16.2. The first kappa shape index (κ1) is 10.8. The van der Waals surface area contributed by atoms with E-state index in [4.69, 9.17) is 0 Å². The Morgan fingerprint density at radius 3 is 2.47 bits per heavy atom. The van der Waals surface area contributed by atoms with Crippen LogP contribution in [0.1, 0.15) is 24.0 Å². The number of nitrogens with one attached hydrogen (secondary N) is 1. The molecule has 0 bridgehead atoms. The van der Waals surface area contributed by atoms with E-state index in [1.165, 1.54) is 24.0 Å². The molecule has 0 unspecified atom stereocenters. The first-order valence-corrected chi connectivity index (χ1v) is 6.38. The lowest BCUT2D eigenvalue weighted by molar-refractivity contribution is -0.130. The average molecular weight is 230 g/mol. The minimum Gasteiger partial charge on any atom is -0.333 e. The van der Waals surface area contributed by atoms with Crippen molar-refractivity contribution in [2.75, 3.05) is 13.1 Å². The number of nitrogens with zero attached hydrogens (tertiary/aromatic N) is 1. The third-order valence-electron chi connectivity index (χ3n) is 3.60. The molecule has 17 heavy (non-hydrogen) atoms. The van der Waals surface area contributed by atoms with E-state index in [9.17, 15) is 4.79 Å². The van der Waals surface area contributed by atoms with Gasteiger partial charge < -0.3 is 10.2 Å². The van der Waals surface area contributed by atoms with E-state index < -0.39 is 0 Å². The first-order chi connectivity index (χ1) is 8.33. The minimum absolute atomic E-state index is 0.224. The fourth-order valence-corrected chi connectivity index (χ4v) is 2.33. The Morgan fingerprint density at radius 2 is 1.88 bits per heavy atom.